The summed E-state index contributed by atoms with van der Waals surface area (Å²) in [6.45, 7) is 10.2. The fraction of sp³-hybridized carbons (Fsp3) is 0.867. The summed E-state index contributed by atoms with van der Waals surface area (Å²) < 4.78 is 27.2. The zero-order chi connectivity index (χ0) is 19.1. The lowest BCUT2D eigenvalue weighted by Crippen LogP contribution is -2.40. The third-order valence-corrected chi connectivity index (χ3v) is 4.42. The van der Waals surface area contributed by atoms with Crippen LogP contribution in [0, 0.1) is 0 Å². The number of rotatable bonds is 11. The predicted molar refractivity (Wildman–Crippen MR) is 87.8 cm³/mol. The Hall–Kier alpha value is -0.790. The van der Waals surface area contributed by atoms with Crippen molar-refractivity contribution >= 4 is 19.3 Å². The maximum atomic E-state index is 12.2. The van der Waals surface area contributed by atoms with Crippen LogP contribution in [-0.4, -0.2) is 58.2 Å². The molecule has 0 aromatic heterocycles. The molecule has 0 heterocycles. The predicted octanol–water partition coefficient (Wildman–Crippen LogP) is 1.66. The summed E-state index contributed by atoms with van der Waals surface area (Å²) in [6, 6.07) is 0. The lowest BCUT2D eigenvalue weighted by Gasteiger charge is -2.26. The summed E-state index contributed by atoms with van der Waals surface area (Å²) in [5, 5.41) is 0. The monoisotopic (exact) mass is 368 g/mol. The standard InChI is InChI=1S/C15H29O8P/c1-7-22-15(5,6)13(16)8-12(24(18,19)20)14(17)23-11(4)9-21-10(2)3/h10-12H,7-9H2,1-6H3,(H2,18,19,20). The van der Waals surface area contributed by atoms with Crippen LogP contribution >= 0.6 is 7.60 Å². The molecule has 0 aliphatic rings. The van der Waals surface area contributed by atoms with Gasteiger partial charge in [-0.3, -0.25) is 14.2 Å². The van der Waals surface area contributed by atoms with Gasteiger partial charge < -0.3 is 24.0 Å². The van der Waals surface area contributed by atoms with E-state index in [-0.39, 0.29) is 19.3 Å². The minimum Gasteiger partial charge on any atom is -0.460 e. The minimum absolute atomic E-state index is 0.0719. The third kappa shape index (κ3) is 8.35. The van der Waals surface area contributed by atoms with Crippen LogP contribution in [0.2, 0.25) is 0 Å². The molecule has 8 nitrogen and oxygen atoms in total. The highest BCUT2D eigenvalue weighted by Gasteiger charge is 2.42. The zero-order valence-electron chi connectivity index (χ0n) is 15.1. The molecule has 9 heteroatoms. The fourth-order valence-corrected chi connectivity index (χ4v) is 2.58. The van der Waals surface area contributed by atoms with E-state index >= 15 is 0 Å². The lowest BCUT2D eigenvalue weighted by molar-refractivity contribution is -0.154. The van der Waals surface area contributed by atoms with Crippen LogP contribution in [0.4, 0.5) is 0 Å². The highest BCUT2D eigenvalue weighted by Crippen LogP contribution is 2.44. The van der Waals surface area contributed by atoms with E-state index < -0.39 is 43.1 Å². The van der Waals surface area contributed by atoms with E-state index in [0.29, 0.717) is 0 Å². The molecule has 2 unspecified atom stereocenters. The van der Waals surface area contributed by atoms with Crippen LogP contribution < -0.4 is 0 Å². The molecule has 0 saturated heterocycles. The van der Waals surface area contributed by atoms with Crippen LogP contribution in [0.1, 0.15) is 48.0 Å². The van der Waals surface area contributed by atoms with Gasteiger partial charge in [0.05, 0.1) is 12.7 Å². The molecule has 142 valence electrons. The van der Waals surface area contributed by atoms with E-state index in [4.69, 9.17) is 14.2 Å². The Morgan fingerprint density at radius 2 is 1.71 bits per heavy atom. The van der Waals surface area contributed by atoms with Gasteiger partial charge in [-0.05, 0) is 41.5 Å². The largest absolute Gasteiger partial charge is 0.460 e. The number of ketones is 1. The molecule has 0 saturated carbocycles. The lowest BCUT2D eigenvalue weighted by atomic mass is 9.99. The van der Waals surface area contributed by atoms with Crippen molar-refractivity contribution in [2.75, 3.05) is 13.2 Å². The average molecular weight is 368 g/mol. The maximum Gasteiger partial charge on any atom is 0.340 e. The number of hydrogen-bond donors (Lipinski definition) is 2. The molecular weight excluding hydrogens is 339 g/mol. The van der Waals surface area contributed by atoms with Crippen molar-refractivity contribution in [1.82, 2.24) is 0 Å². The molecule has 0 radical (unpaired) electrons. The van der Waals surface area contributed by atoms with Crippen LogP contribution in [0.25, 0.3) is 0 Å². The summed E-state index contributed by atoms with van der Waals surface area (Å²) >= 11 is 0. The average Bonchev–Trinajstić information content (AvgIpc) is 2.40. The van der Waals surface area contributed by atoms with Crippen molar-refractivity contribution in [3.05, 3.63) is 0 Å². The molecule has 0 aliphatic heterocycles. The Balaban J connectivity index is 4.99. The first-order valence-corrected chi connectivity index (χ1v) is 9.54. The van der Waals surface area contributed by atoms with Crippen molar-refractivity contribution in [3.63, 3.8) is 0 Å². The molecule has 0 aromatic carbocycles. The van der Waals surface area contributed by atoms with Crippen LogP contribution in [0.3, 0.4) is 0 Å². The number of hydrogen-bond acceptors (Lipinski definition) is 6. The van der Waals surface area contributed by atoms with Gasteiger partial charge in [0.1, 0.15) is 11.7 Å². The number of esters is 1. The van der Waals surface area contributed by atoms with Crippen LogP contribution in [-0.2, 0) is 28.4 Å². The Bertz CT molecular complexity index is 468. The summed E-state index contributed by atoms with van der Waals surface area (Å²) in [7, 11) is -4.86. The van der Waals surface area contributed by atoms with Gasteiger partial charge in [-0.15, -0.1) is 0 Å². The van der Waals surface area contributed by atoms with Crippen molar-refractivity contribution in [3.8, 4) is 0 Å². The quantitative estimate of drug-likeness (QED) is 0.417. The van der Waals surface area contributed by atoms with E-state index in [0.717, 1.165) is 0 Å². The Labute approximate surface area is 143 Å². The summed E-state index contributed by atoms with van der Waals surface area (Å²) in [4.78, 5) is 43.1. The molecule has 0 aliphatic carbocycles. The summed E-state index contributed by atoms with van der Waals surface area (Å²) in [5.74, 6) is -1.70. The highest BCUT2D eigenvalue weighted by atomic mass is 31.2. The van der Waals surface area contributed by atoms with Gasteiger partial charge in [0, 0.05) is 13.0 Å². The number of ether oxygens (including phenoxy) is 3. The molecule has 0 amide bonds. The topological polar surface area (TPSA) is 119 Å². The van der Waals surface area contributed by atoms with Gasteiger partial charge >= 0.3 is 13.6 Å². The van der Waals surface area contributed by atoms with Crippen LogP contribution in [0.5, 0.6) is 0 Å². The SMILES string of the molecule is CCOC(C)(C)C(=O)CC(C(=O)OC(C)COC(C)C)P(=O)(O)O. The minimum atomic E-state index is -4.86. The normalized spacial score (nSPS) is 15.2. The van der Waals surface area contributed by atoms with E-state index in [1.54, 1.807) is 13.8 Å². The van der Waals surface area contributed by atoms with Gasteiger partial charge in [0.2, 0.25) is 0 Å². The zero-order valence-corrected chi connectivity index (χ0v) is 16.0. The molecular formula is C15H29O8P. The van der Waals surface area contributed by atoms with Gasteiger partial charge in [-0.2, -0.15) is 0 Å². The van der Waals surface area contributed by atoms with Gasteiger partial charge in [-0.1, -0.05) is 0 Å². The molecule has 24 heavy (non-hydrogen) atoms. The number of Topliss-reactive ketones (excluding diaryl/α,β-unsaturated/α-hetero) is 1. The smallest absolute Gasteiger partial charge is 0.340 e. The third-order valence-electron chi connectivity index (χ3n) is 3.22. The highest BCUT2D eigenvalue weighted by molar-refractivity contribution is 7.53. The Morgan fingerprint density at radius 3 is 2.12 bits per heavy atom. The van der Waals surface area contributed by atoms with Crippen molar-refractivity contribution in [2.24, 2.45) is 0 Å². The molecule has 0 spiro atoms. The first kappa shape index (κ1) is 23.2. The van der Waals surface area contributed by atoms with Gasteiger partial charge in [0.25, 0.3) is 0 Å². The van der Waals surface area contributed by atoms with Gasteiger partial charge in [0.15, 0.2) is 11.4 Å². The second-order valence-corrected chi connectivity index (χ2v) is 8.11. The first-order chi connectivity index (χ1) is 10.8. The summed E-state index contributed by atoms with van der Waals surface area (Å²) in [5.41, 5.74) is -3.10. The first-order valence-electron chi connectivity index (χ1n) is 7.85. The van der Waals surface area contributed by atoms with Crippen molar-refractivity contribution in [1.29, 1.82) is 0 Å². The second-order valence-electron chi connectivity index (χ2n) is 6.31. The van der Waals surface area contributed by atoms with E-state index in [9.17, 15) is 23.9 Å². The van der Waals surface area contributed by atoms with E-state index in [2.05, 4.69) is 0 Å². The van der Waals surface area contributed by atoms with Crippen LogP contribution in [0.15, 0.2) is 0 Å². The number of carbonyl (C=O) groups excluding carboxylic acids is 2. The van der Waals surface area contributed by atoms with E-state index in [1.807, 2.05) is 13.8 Å². The molecule has 0 fully saturated rings. The molecule has 2 N–H and O–H groups in total. The molecule has 0 bridgehead atoms. The molecule has 2 atom stereocenters. The van der Waals surface area contributed by atoms with E-state index in [1.165, 1.54) is 13.8 Å². The maximum absolute atomic E-state index is 12.2. The molecule has 0 rings (SSSR count). The summed E-state index contributed by atoms with van der Waals surface area (Å²) in [6.07, 6.45) is -1.42. The fourth-order valence-electron chi connectivity index (χ4n) is 1.84. The Morgan fingerprint density at radius 1 is 1.17 bits per heavy atom. The van der Waals surface area contributed by atoms with Crippen molar-refractivity contribution in [2.45, 2.75) is 71.4 Å². The van der Waals surface area contributed by atoms with Gasteiger partial charge in [-0.25, -0.2) is 0 Å². The second kappa shape index (κ2) is 9.63. The molecule has 0 aromatic rings. The Kier molecular flexibility index (Phi) is 9.31. The number of carbonyl (C=O) groups is 2. The van der Waals surface area contributed by atoms with Crippen molar-refractivity contribution < 1.29 is 38.2 Å².